The first kappa shape index (κ1) is 28.5. The van der Waals surface area contributed by atoms with E-state index in [1.165, 1.54) is 6.07 Å². The summed E-state index contributed by atoms with van der Waals surface area (Å²) in [7, 11) is 0. The van der Waals surface area contributed by atoms with Gasteiger partial charge in [0, 0.05) is 11.6 Å². The lowest BCUT2D eigenvalue weighted by atomic mass is 10.0. The maximum atomic E-state index is 12.1. The van der Waals surface area contributed by atoms with Gasteiger partial charge < -0.3 is 14.6 Å². The highest BCUT2D eigenvalue weighted by molar-refractivity contribution is 5.75. The van der Waals surface area contributed by atoms with Gasteiger partial charge in [-0.05, 0) is 49.1 Å². The van der Waals surface area contributed by atoms with Crippen molar-refractivity contribution in [3.8, 4) is 45.4 Å². The average Bonchev–Trinajstić information content (AvgIpc) is 2.98. The molecule has 1 aromatic heterocycles. The van der Waals surface area contributed by atoms with E-state index >= 15 is 0 Å². The Morgan fingerprint density at radius 3 is 2.27 bits per heavy atom. The summed E-state index contributed by atoms with van der Waals surface area (Å²) in [5.41, 5.74) is 3.50. The molecule has 0 radical (unpaired) electrons. The molecular formula is C33H35N3O4. The minimum Gasteiger partial charge on any atom is -0.507 e. The molecule has 206 valence electrons. The average molecular weight is 538 g/mol. The van der Waals surface area contributed by atoms with E-state index in [0.717, 1.165) is 42.4 Å². The highest BCUT2D eigenvalue weighted by Crippen LogP contribution is 2.32. The zero-order chi connectivity index (χ0) is 28.3. The number of phenolic OH excluding ortho intramolecular Hbond substituents is 1. The summed E-state index contributed by atoms with van der Waals surface area (Å²) in [4.78, 5) is 26.1. The van der Waals surface area contributed by atoms with Crippen molar-refractivity contribution in [2.45, 2.75) is 52.6 Å². The Balaban J connectivity index is 1.64. The molecule has 3 aromatic carbocycles. The monoisotopic (exact) mass is 537 g/mol. The molecule has 0 fully saturated rings. The molecule has 7 heteroatoms. The number of aromatic hydroxyl groups is 1. The summed E-state index contributed by atoms with van der Waals surface area (Å²) in [6.45, 7) is 6.02. The van der Waals surface area contributed by atoms with Gasteiger partial charge in [0.25, 0.3) is 0 Å². The van der Waals surface area contributed by atoms with Crippen LogP contribution in [0.1, 0.15) is 52.3 Å². The summed E-state index contributed by atoms with van der Waals surface area (Å²) in [5, 5.41) is 10.9. The Bertz CT molecular complexity index is 1440. The largest absolute Gasteiger partial charge is 0.507 e. The normalized spacial score (nSPS) is 11.9. The van der Waals surface area contributed by atoms with Crippen LogP contribution in [0.2, 0.25) is 0 Å². The van der Waals surface area contributed by atoms with Crippen molar-refractivity contribution >= 4 is 12.0 Å². The highest BCUT2D eigenvalue weighted by atomic mass is 16.6. The number of phenols is 1. The fourth-order valence-electron chi connectivity index (χ4n) is 4.02. The topological polar surface area (TPSA) is 94.4 Å². The molecule has 1 N–H and O–H groups in total. The van der Waals surface area contributed by atoms with E-state index in [1.54, 1.807) is 19.1 Å². The van der Waals surface area contributed by atoms with Gasteiger partial charge in [-0.15, -0.1) is 0 Å². The summed E-state index contributed by atoms with van der Waals surface area (Å²) in [6.07, 6.45) is 6.97. The lowest BCUT2D eigenvalue weighted by molar-refractivity contribution is -0.151. The molecule has 0 spiro atoms. The Morgan fingerprint density at radius 1 is 0.875 bits per heavy atom. The quantitative estimate of drug-likeness (QED) is 0.148. The number of carbonyl (C=O) groups excluding carboxylic acids is 1. The molecule has 0 aliphatic rings. The van der Waals surface area contributed by atoms with Crippen LogP contribution in [-0.2, 0) is 9.53 Å². The Hall–Kier alpha value is -4.52. The molecule has 0 saturated carbocycles. The minimum atomic E-state index is -0.806. The lowest BCUT2D eigenvalue weighted by Gasteiger charge is -2.15. The third kappa shape index (κ3) is 7.53. The lowest BCUT2D eigenvalue weighted by Crippen LogP contribution is -2.26. The van der Waals surface area contributed by atoms with Crippen molar-refractivity contribution in [1.82, 2.24) is 15.0 Å². The Morgan fingerprint density at radius 2 is 1.57 bits per heavy atom. The number of ether oxygens (including phenoxy) is 2. The first-order valence-corrected chi connectivity index (χ1v) is 13.7. The number of aromatic nitrogens is 3. The Labute approximate surface area is 235 Å². The van der Waals surface area contributed by atoms with Crippen molar-refractivity contribution in [2.24, 2.45) is 0 Å². The van der Waals surface area contributed by atoms with Crippen LogP contribution in [-0.4, -0.2) is 38.7 Å². The molecule has 40 heavy (non-hydrogen) atoms. The van der Waals surface area contributed by atoms with E-state index in [4.69, 9.17) is 19.4 Å². The molecule has 0 amide bonds. The second-order valence-electron chi connectivity index (χ2n) is 9.44. The molecule has 4 rings (SSSR count). The van der Waals surface area contributed by atoms with Crippen LogP contribution >= 0.6 is 0 Å². The van der Waals surface area contributed by atoms with Crippen molar-refractivity contribution in [1.29, 1.82) is 0 Å². The van der Waals surface area contributed by atoms with Crippen LogP contribution in [0.5, 0.6) is 11.5 Å². The number of hydrogen-bond donors (Lipinski definition) is 1. The number of carbonyl (C=O) groups is 1. The highest BCUT2D eigenvalue weighted by Gasteiger charge is 2.18. The molecule has 7 nitrogen and oxygen atoms in total. The van der Waals surface area contributed by atoms with Gasteiger partial charge in [0.05, 0.1) is 12.2 Å². The van der Waals surface area contributed by atoms with Gasteiger partial charge in [0.15, 0.2) is 23.6 Å². The number of nitrogens with zero attached hydrogens (tertiary/aromatic N) is 3. The van der Waals surface area contributed by atoms with Gasteiger partial charge in [-0.1, -0.05) is 87.4 Å². The maximum Gasteiger partial charge on any atom is 0.347 e. The fourth-order valence-corrected chi connectivity index (χ4v) is 4.02. The van der Waals surface area contributed by atoms with Crippen LogP contribution in [0, 0.1) is 0 Å². The molecule has 4 aromatic rings. The van der Waals surface area contributed by atoms with Gasteiger partial charge in [0.2, 0.25) is 0 Å². The van der Waals surface area contributed by atoms with E-state index in [2.05, 4.69) is 30.1 Å². The van der Waals surface area contributed by atoms with E-state index in [9.17, 15) is 9.90 Å². The fraction of sp³-hybridized carbons (Fsp3) is 0.273. The van der Waals surface area contributed by atoms with Crippen LogP contribution in [0.3, 0.4) is 0 Å². The molecule has 0 aliphatic heterocycles. The van der Waals surface area contributed by atoms with E-state index in [-0.39, 0.29) is 5.75 Å². The van der Waals surface area contributed by atoms with Gasteiger partial charge in [-0.2, -0.15) is 0 Å². The van der Waals surface area contributed by atoms with Crippen LogP contribution < -0.4 is 4.74 Å². The zero-order valence-corrected chi connectivity index (χ0v) is 23.2. The molecule has 1 heterocycles. The van der Waals surface area contributed by atoms with Crippen LogP contribution in [0.15, 0.2) is 78.9 Å². The molecule has 0 bridgehead atoms. The predicted molar refractivity (Wildman–Crippen MR) is 158 cm³/mol. The van der Waals surface area contributed by atoms with Gasteiger partial charge in [-0.3, -0.25) is 0 Å². The molecule has 1 unspecified atom stereocenters. The van der Waals surface area contributed by atoms with Crippen molar-refractivity contribution in [3.63, 3.8) is 0 Å². The second-order valence-corrected chi connectivity index (χ2v) is 9.44. The SMILES string of the molecule is CCCCC=Cc1nc(-c2ccc(-c3ccccc3)cc2)nc(-c2ccc(OC(C)C(=O)OCCC)cc2O)n1. The van der Waals surface area contributed by atoms with Gasteiger partial charge in [-0.25, -0.2) is 19.7 Å². The predicted octanol–water partition coefficient (Wildman–Crippen LogP) is 7.50. The summed E-state index contributed by atoms with van der Waals surface area (Å²) < 4.78 is 10.8. The van der Waals surface area contributed by atoms with Crippen LogP contribution in [0.4, 0.5) is 0 Å². The number of benzene rings is 3. The van der Waals surface area contributed by atoms with E-state index in [1.807, 2.05) is 55.5 Å². The second kappa shape index (κ2) is 14.0. The minimum absolute atomic E-state index is 0.0656. The van der Waals surface area contributed by atoms with Crippen molar-refractivity contribution in [2.75, 3.05) is 6.61 Å². The number of esters is 1. The third-order valence-electron chi connectivity index (χ3n) is 6.20. The smallest absolute Gasteiger partial charge is 0.347 e. The number of allylic oxidation sites excluding steroid dienone is 1. The van der Waals surface area contributed by atoms with Gasteiger partial charge >= 0.3 is 5.97 Å². The first-order chi connectivity index (χ1) is 19.5. The van der Waals surface area contributed by atoms with Crippen molar-refractivity contribution < 1.29 is 19.4 Å². The summed E-state index contributed by atoms with van der Waals surface area (Å²) >= 11 is 0. The number of unbranched alkanes of at least 4 members (excludes halogenated alkanes) is 2. The Kier molecular flexibility index (Phi) is 9.99. The zero-order valence-electron chi connectivity index (χ0n) is 23.2. The molecule has 0 saturated heterocycles. The van der Waals surface area contributed by atoms with E-state index in [0.29, 0.717) is 35.4 Å². The molecular weight excluding hydrogens is 502 g/mol. The third-order valence-corrected chi connectivity index (χ3v) is 6.20. The van der Waals surface area contributed by atoms with Gasteiger partial charge in [0.1, 0.15) is 11.5 Å². The van der Waals surface area contributed by atoms with Crippen LogP contribution in [0.25, 0.3) is 40.0 Å². The maximum absolute atomic E-state index is 12.1. The number of hydrogen-bond acceptors (Lipinski definition) is 7. The first-order valence-electron chi connectivity index (χ1n) is 13.7. The molecule has 0 aliphatic carbocycles. The van der Waals surface area contributed by atoms with E-state index < -0.39 is 12.1 Å². The summed E-state index contributed by atoms with van der Waals surface area (Å²) in [5.74, 6) is 1.18. The van der Waals surface area contributed by atoms with Crippen molar-refractivity contribution in [3.05, 3.63) is 84.7 Å². The molecule has 1 atom stereocenters. The summed E-state index contributed by atoms with van der Waals surface area (Å²) in [6, 6.07) is 23.0. The number of rotatable bonds is 12. The standard InChI is InChI=1S/C33H35N3O4/c1-4-6-7-11-14-30-34-31(26-17-15-25(16-18-26)24-12-9-8-10-13-24)36-32(35-30)28-20-19-27(22-29(28)37)40-23(3)33(38)39-21-5-2/h8-20,22-23,37H,4-7,21H2,1-3H3.